The van der Waals surface area contributed by atoms with Crippen molar-refractivity contribution in [2.24, 2.45) is 0 Å². The summed E-state index contributed by atoms with van der Waals surface area (Å²) in [6, 6.07) is 0. The van der Waals surface area contributed by atoms with Crippen molar-refractivity contribution in [1.29, 1.82) is 0 Å². The summed E-state index contributed by atoms with van der Waals surface area (Å²) in [5, 5.41) is 10.4. The van der Waals surface area contributed by atoms with E-state index in [-0.39, 0.29) is 0 Å². The van der Waals surface area contributed by atoms with Gasteiger partial charge in [-0.15, -0.1) is 5.10 Å². The van der Waals surface area contributed by atoms with Gasteiger partial charge in [0, 0.05) is 7.05 Å². The van der Waals surface area contributed by atoms with E-state index < -0.39 is 0 Å². The van der Waals surface area contributed by atoms with E-state index in [9.17, 15) is 0 Å². The van der Waals surface area contributed by atoms with Crippen LogP contribution in [-0.4, -0.2) is 26.6 Å². The lowest BCUT2D eigenvalue weighted by molar-refractivity contribution is 0.947. The molecule has 0 fully saturated rings. The fourth-order valence-electron chi connectivity index (χ4n) is 0.950. The quantitative estimate of drug-likeness (QED) is 0.627. The van der Waals surface area contributed by atoms with Gasteiger partial charge in [0.15, 0.2) is 0 Å². The molecular formula is C6H7N5. The largest absolute Gasteiger partial charge is 0.358 e. The molecule has 0 spiro atoms. The molecule has 5 heteroatoms. The van der Waals surface area contributed by atoms with Crippen molar-refractivity contribution < 1.29 is 0 Å². The highest BCUT2D eigenvalue weighted by molar-refractivity contribution is 5.48. The van der Waals surface area contributed by atoms with Gasteiger partial charge in [0.25, 0.3) is 0 Å². The van der Waals surface area contributed by atoms with Crippen molar-refractivity contribution in [1.82, 2.24) is 19.6 Å². The molecule has 0 aromatic carbocycles. The average molecular weight is 149 g/mol. The van der Waals surface area contributed by atoms with Crippen LogP contribution in [0.3, 0.4) is 0 Å². The van der Waals surface area contributed by atoms with E-state index in [1.54, 1.807) is 18.7 Å². The van der Waals surface area contributed by atoms with Crippen molar-refractivity contribution in [3.63, 3.8) is 0 Å². The fraction of sp³-hybridized carbons (Fsp3) is 0.167. The van der Waals surface area contributed by atoms with Crippen LogP contribution in [-0.2, 0) is 0 Å². The highest BCUT2D eigenvalue weighted by Gasteiger charge is 1.98. The summed E-state index contributed by atoms with van der Waals surface area (Å²) < 4.78 is 1.83. The summed E-state index contributed by atoms with van der Waals surface area (Å²) in [4.78, 5) is 4.09. The topological polar surface area (TPSA) is 55.1 Å². The second-order valence-corrected chi connectivity index (χ2v) is 2.10. The zero-order valence-corrected chi connectivity index (χ0v) is 6.02. The molecule has 0 saturated carbocycles. The van der Waals surface area contributed by atoms with Crippen molar-refractivity contribution >= 4 is 11.5 Å². The summed E-state index contributed by atoms with van der Waals surface area (Å²) in [6.45, 7) is 0. The highest BCUT2D eigenvalue weighted by atomic mass is 15.2. The van der Waals surface area contributed by atoms with Crippen LogP contribution in [0.1, 0.15) is 0 Å². The van der Waals surface area contributed by atoms with E-state index in [0.717, 1.165) is 11.5 Å². The van der Waals surface area contributed by atoms with Gasteiger partial charge < -0.3 is 5.32 Å². The van der Waals surface area contributed by atoms with Crippen molar-refractivity contribution in [3.05, 3.63) is 18.7 Å². The average Bonchev–Trinajstić information content (AvgIpc) is 2.47. The van der Waals surface area contributed by atoms with Gasteiger partial charge >= 0.3 is 0 Å². The van der Waals surface area contributed by atoms with Crippen molar-refractivity contribution in [2.45, 2.75) is 0 Å². The lowest BCUT2D eigenvalue weighted by Crippen LogP contribution is -1.96. The summed E-state index contributed by atoms with van der Waals surface area (Å²) in [6.07, 6.45) is 5.02. The van der Waals surface area contributed by atoms with Crippen LogP contribution in [0, 0.1) is 0 Å². The third-order valence-electron chi connectivity index (χ3n) is 1.47. The smallest absolute Gasteiger partial charge is 0.208 e. The minimum absolute atomic E-state index is 0.773. The number of rotatable bonds is 1. The first-order valence-corrected chi connectivity index (χ1v) is 3.23. The number of aromatic nitrogens is 4. The van der Waals surface area contributed by atoms with Gasteiger partial charge in [-0.2, -0.15) is 5.10 Å². The van der Waals surface area contributed by atoms with Gasteiger partial charge in [0.2, 0.25) is 5.95 Å². The zero-order valence-electron chi connectivity index (χ0n) is 6.02. The van der Waals surface area contributed by atoms with Gasteiger partial charge in [-0.1, -0.05) is 0 Å². The molecule has 0 aliphatic rings. The van der Waals surface area contributed by atoms with Crippen LogP contribution in [0.2, 0.25) is 0 Å². The first kappa shape index (κ1) is 6.09. The Hall–Kier alpha value is -1.65. The Labute approximate surface area is 63.1 Å². The van der Waals surface area contributed by atoms with E-state index in [1.165, 1.54) is 0 Å². The minimum Gasteiger partial charge on any atom is -0.358 e. The van der Waals surface area contributed by atoms with Gasteiger partial charge in [-0.25, -0.2) is 4.98 Å². The van der Waals surface area contributed by atoms with Gasteiger partial charge in [-0.05, 0) is 0 Å². The Bertz CT molecular complexity index is 366. The van der Waals surface area contributed by atoms with E-state index in [2.05, 4.69) is 20.5 Å². The maximum atomic E-state index is 4.09. The monoisotopic (exact) mass is 149 g/mol. The molecule has 0 aliphatic carbocycles. The highest BCUT2D eigenvalue weighted by Crippen LogP contribution is 2.06. The molecule has 0 saturated heterocycles. The van der Waals surface area contributed by atoms with E-state index >= 15 is 0 Å². The molecule has 0 aliphatic heterocycles. The Morgan fingerprint density at radius 1 is 1.36 bits per heavy atom. The number of hydrogen-bond donors (Lipinski definition) is 1. The molecule has 0 atom stereocenters. The molecule has 5 nitrogen and oxygen atoms in total. The van der Waals surface area contributed by atoms with E-state index in [0.29, 0.717) is 0 Å². The van der Waals surface area contributed by atoms with Crippen LogP contribution in [0.5, 0.6) is 0 Å². The second kappa shape index (κ2) is 2.19. The second-order valence-electron chi connectivity index (χ2n) is 2.10. The molecule has 2 heterocycles. The summed E-state index contributed by atoms with van der Waals surface area (Å²) >= 11 is 0. The number of anilines is 1. The lowest BCUT2D eigenvalue weighted by atomic mass is 10.6. The molecule has 2 rings (SSSR count). The molecule has 2 aromatic rings. The first-order chi connectivity index (χ1) is 5.42. The standard InChI is InChI=1S/C6H7N5/c1-7-6-8-2-5-3-9-10-4-11(5)6/h2-4H,1H3,(H,7,8). The van der Waals surface area contributed by atoms with Crippen LogP contribution in [0.4, 0.5) is 5.95 Å². The first-order valence-electron chi connectivity index (χ1n) is 3.23. The summed E-state index contributed by atoms with van der Waals surface area (Å²) in [5.41, 5.74) is 0.935. The number of nitrogens with one attached hydrogen (secondary N) is 1. The molecule has 0 unspecified atom stereocenters. The van der Waals surface area contributed by atoms with Crippen LogP contribution < -0.4 is 5.32 Å². The maximum Gasteiger partial charge on any atom is 0.208 e. The van der Waals surface area contributed by atoms with Gasteiger partial charge in [-0.3, -0.25) is 4.40 Å². The predicted molar refractivity (Wildman–Crippen MR) is 40.3 cm³/mol. The summed E-state index contributed by atoms with van der Waals surface area (Å²) in [5.74, 6) is 0.773. The molecular weight excluding hydrogens is 142 g/mol. The predicted octanol–water partition coefficient (Wildman–Crippen LogP) is 0.166. The maximum absolute atomic E-state index is 4.09. The van der Waals surface area contributed by atoms with E-state index in [4.69, 9.17) is 0 Å². The molecule has 0 radical (unpaired) electrons. The van der Waals surface area contributed by atoms with Crippen molar-refractivity contribution in [2.75, 3.05) is 12.4 Å². The number of imidazole rings is 1. The summed E-state index contributed by atoms with van der Waals surface area (Å²) in [7, 11) is 1.81. The Kier molecular flexibility index (Phi) is 1.21. The molecule has 0 bridgehead atoms. The van der Waals surface area contributed by atoms with Crippen LogP contribution in [0.25, 0.3) is 5.52 Å². The van der Waals surface area contributed by atoms with Gasteiger partial charge in [0.05, 0.1) is 17.9 Å². The normalized spacial score (nSPS) is 10.3. The molecule has 56 valence electrons. The Morgan fingerprint density at radius 2 is 2.27 bits per heavy atom. The molecule has 11 heavy (non-hydrogen) atoms. The fourth-order valence-corrected chi connectivity index (χ4v) is 0.950. The van der Waals surface area contributed by atoms with Crippen molar-refractivity contribution in [3.8, 4) is 0 Å². The zero-order chi connectivity index (χ0) is 7.68. The minimum atomic E-state index is 0.773. The number of nitrogens with zero attached hydrogens (tertiary/aromatic N) is 4. The van der Waals surface area contributed by atoms with Crippen LogP contribution in [0.15, 0.2) is 18.7 Å². The molecule has 1 N–H and O–H groups in total. The SMILES string of the molecule is CNc1ncc2cnncn12. The van der Waals surface area contributed by atoms with Gasteiger partial charge in [0.1, 0.15) is 6.33 Å². The number of fused-ring (bicyclic) bond motifs is 1. The lowest BCUT2D eigenvalue weighted by Gasteiger charge is -1.95. The van der Waals surface area contributed by atoms with Crippen LogP contribution >= 0.6 is 0 Å². The molecule has 0 amide bonds. The number of hydrogen-bond acceptors (Lipinski definition) is 4. The third kappa shape index (κ3) is 0.813. The Balaban J connectivity index is 2.76. The van der Waals surface area contributed by atoms with E-state index in [1.807, 2.05) is 11.4 Å². The third-order valence-corrected chi connectivity index (χ3v) is 1.47. The Morgan fingerprint density at radius 3 is 3.09 bits per heavy atom. The molecule has 2 aromatic heterocycles.